The Bertz CT molecular complexity index is 6.85. The van der Waals surface area contributed by atoms with Crippen molar-refractivity contribution in [2.45, 2.75) is 0 Å². The largest absolute Gasteiger partial charge is 3.00 e. The zero-order chi connectivity index (χ0) is 0. The van der Waals surface area contributed by atoms with Crippen LogP contribution in [0.5, 0.6) is 0 Å². The van der Waals surface area contributed by atoms with Crippen LogP contribution in [-0.4, -0.2) is 11.0 Å². The first kappa shape index (κ1) is 740. The summed E-state index contributed by atoms with van der Waals surface area (Å²) in [5.41, 5.74) is 0. The van der Waals surface area contributed by atoms with Crippen LogP contribution in [-0.2, 0) is 22.8 Å². The second-order valence-electron chi connectivity index (χ2n) is 0. The maximum atomic E-state index is 0. The average Bonchev–Trinajstić information content (AvgIpc) is 0. The van der Waals surface area contributed by atoms with Gasteiger partial charge in [-0.2, -0.15) is 0 Å². The van der Waals surface area contributed by atoms with Gasteiger partial charge in [-0.3, -0.25) is 0 Å². The van der Waals surface area contributed by atoms with Gasteiger partial charge in [-0.25, -0.2) is 0 Å². The molecular weight excluding hydrogens is 114 g/mol. The van der Waals surface area contributed by atoms with Crippen molar-refractivity contribution in [3.8, 4) is 0 Å². The summed E-state index contributed by atoms with van der Waals surface area (Å²) >= 11 is 0. The fourth-order valence-corrected chi connectivity index (χ4v) is 0. The Morgan fingerprint density at radius 2 is 1.00 bits per heavy atom. The Labute approximate surface area is 40.8 Å². The quantitative estimate of drug-likeness (QED) is 0.442. The Morgan fingerprint density at radius 3 is 1.00 bits per heavy atom. The molecule has 0 amide bonds. The Balaban J connectivity index is 0. The molecule has 0 atom stereocenters. The predicted octanol–water partition coefficient (Wildman–Crippen LogP) is -0.961. The first-order valence-electron chi connectivity index (χ1n) is 0. The van der Waals surface area contributed by atoms with Crippen LogP contribution in [0.15, 0.2) is 0 Å². The van der Waals surface area contributed by atoms with Gasteiger partial charge < -0.3 is 22.6 Å². The molecule has 0 fully saturated rings. The Morgan fingerprint density at radius 1 is 1.00 bits per heavy atom. The summed E-state index contributed by atoms with van der Waals surface area (Å²) in [6.07, 6.45) is 0. The molecule has 6 N–H and O–H groups in total. The molecule has 5 heavy (non-hydrogen) atoms. The summed E-state index contributed by atoms with van der Waals surface area (Å²) in [7, 11) is 0. The summed E-state index contributed by atoms with van der Waals surface area (Å²) in [5, 5.41) is 0. The van der Waals surface area contributed by atoms with Crippen LogP contribution in [0.25, 0.3) is 0 Å². The van der Waals surface area contributed by atoms with Crippen molar-refractivity contribution in [2.75, 3.05) is 0 Å². The Kier molecular flexibility index (Phi) is 53100. The summed E-state index contributed by atoms with van der Waals surface area (Å²) in [6.45, 7) is 0. The van der Waals surface area contributed by atoms with Gasteiger partial charge in [-0.15, -0.1) is 0 Å². The fourth-order valence-electron chi connectivity index (χ4n) is 0. The molecule has 0 aromatic heterocycles. The molecule has 0 unspecified atom stereocenters. The molecule has 0 saturated heterocycles. The first-order valence-corrected chi connectivity index (χ1v) is 0. The van der Waals surface area contributed by atoms with E-state index in [9.17, 15) is 0 Å². The van der Waals surface area contributed by atoms with Crippen molar-refractivity contribution in [1.29, 1.82) is 0 Å². The van der Waals surface area contributed by atoms with Gasteiger partial charge in [-0.05, 0) is 0 Å². The smallest absolute Gasteiger partial charge is 2.00 e. The molecule has 5 heteroatoms. The van der Waals surface area contributed by atoms with Gasteiger partial charge in [0.1, 0.15) is 0 Å². The minimum atomic E-state index is 0. The molecule has 4 nitrogen and oxygen atoms in total. The van der Waals surface area contributed by atoms with E-state index in [1.54, 1.807) is 0 Å². The predicted molar refractivity (Wildman–Crippen MR) is 11.3 cm³/mol. The third-order valence-electron chi connectivity index (χ3n) is 0. The molecule has 0 spiro atoms. The van der Waals surface area contributed by atoms with Gasteiger partial charge in [0.2, 0.25) is 0 Å². The van der Waals surface area contributed by atoms with Crippen LogP contribution >= 0.6 is 0 Å². The molecule has 0 bridgehead atoms. The van der Waals surface area contributed by atoms with E-state index in [1.807, 2.05) is 0 Å². The van der Waals surface area contributed by atoms with Gasteiger partial charge in [0.05, 0.1) is 0 Å². The zero-order valence-electron chi connectivity index (χ0n) is 2.47. The third kappa shape index (κ3) is 177. The molecule has 0 heterocycles. The van der Waals surface area contributed by atoms with Gasteiger partial charge >= 0.3 is 17.4 Å². The maximum absolute atomic E-state index is 0. The van der Waals surface area contributed by atoms with E-state index < -0.39 is 0 Å². The summed E-state index contributed by atoms with van der Waals surface area (Å²) in [4.78, 5) is 0. The molecule has 0 rings (SSSR count). The standard InChI is InChI=1S/Cr.H3N.2H2O.O/h;1H3;2*1H2;/q+3;;;;-2/p-1. The monoisotopic (exact) mass is 120 g/mol. The number of hydrogen-bond acceptors (Lipinski definition) is 2. The van der Waals surface area contributed by atoms with Gasteiger partial charge in [-0.1, -0.05) is 0 Å². The van der Waals surface area contributed by atoms with E-state index in [-0.39, 0.29) is 39.9 Å². The van der Waals surface area contributed by atoms with Crippen LogP contribution < -0.4 is 6.15 Å². The molecule has 0 aliphatic heterocycles. The summed E-state index contributed by atoms with van der Waals surface area (Å²) < 4.78 is 0. The summed E-state index contributed by atoms with van der Waals surface area (Å²) in [6, 6.07) is 0. The van der Waals surface area contributed by atoms with E-state index in [4.69, 9.17) is 0 Å². The topological polar surface area (TPSA) is 125 Å². The van der Waals surface area contributed by atoms with Gasteiger partial charge in [0, 0.05) is 0 Å². The second-order valence-corrected chi connectivity index (χ2v) is 0. The van der Waals surface area contributed by atoms with E-state index in [0.717, 1.165) is 0 Å². The van der Waals surface area contributed by atoms with Gasteiger partial charge in [0.15, 0.2) is 0 Å². The minimum absolute atomic E-state index is 0. The van der Waals surface area contributed by atoms with Crippen LogP contribution in [0.4, 0.5) is 0 Å². The van der Waals surface area contributed by atoms with Crippen molar-refractivity contribution in [2.24, 2.45) is 0 Å². The van der Waals surface area contributed by atoms with Crippen LogP contribution in [0.2, 0.25) is 0 Å². The van der Waals surface area contributed by atoms with Crippen LogP contribution in [0.1, 0.15) is 0 Å². The maximum Gasteiger partial charge on any atom is 3.00 e. The van der Waals surface area contributed by atoms with Crippen LogP contribution in [0.3, 0.4) is 0 Å². The molecule has 0 aliphatic rings. The first-order chi connectivity index (χ1) is 0. The van der Waals surface area contributed by atoms with E-state index in [2.05, 4.69) is 0 Å². The van der Waals surface area contributed by atoms with Gasteiger partial charge in [0.25, 0.3) is 0 Å². The van der Waals surface area contributed by atoms with E-state index in [1.165, 1.54) is 0 Å². The van der Waals surface area contributed by atoms with Crippen LogP contribution in [0, 0.1) is 0 Å². The molecule has 1 radical (unpaired) electrons. The minimum Gasteiger partial charge on any atom is -2.00 e. The zero-order valence-corrected chi connectivity index (χ0v) is 3.75. The normalized spacial score (nSPS) is 0. The summed E-state index contributed by atoms with van der Waals surface area (Å²) in [5.74, 6) is 0. The van der Waals surface area contributed by atoms with Crippen molar-refractivity contribution >= 4 is 0 Å². The number of hydrogen-bond donors (Lipinski definition) is 1. The second kappa shape index (κ2) is 358. The van der Waals surface area contributed by atoms with Crippen molar-refractivity contribution in [1.82, 2.24) is 6.15 Å². The molecule has 35 valence electrons. The fraction of sp³-hybridized carbons (Fsp3) is 0. The van der Waals surface area contributed by atoms with Crippen molar-refractivity contribution in [3.05, 3.63) is 0 Å². The molecule has 0 aromatic rings. The molecular formula is H6CrNO3. The molecule has 0 aromatic carbocycles. The average molecular weight is 120 g/mol. The Hall–Kier alpha value is 0.372. The molecule has 0 aliphatic carbocycles. The molecule has 0 saturated carbocycles. The van der Waals surface area contributed by atoms with Crippen molar-refractivity contribution < 1.29 is 33.8 Å². The SMILES string of the molecule is N.O.[Cr+3].[O-2].[OH-]. The van der Waals surface area contributed by atoms with E-state index >= 15 is 0 Å². The van der Waals surface area contributed by atoms with E-state index in [0.29, 0.717) is 0 Å². The number of rotatable bonds is 0. The van der Waals surface area contributed by atoms with Crippen molar-refractivity contribution in [3.63, 3.8) is 0 Å². The third-order valence-corrected chi connectivity index (χ3v) is 0.